The fourth-order valence-electron chi connectivity index (χ4n) is 2.60. The number of piperidine rings is 1. The van der Waals surface area contributed by atoms with Gasteiger partial charge >= 0.3 is 5.97 Å². The second-order valence-electron chi connectivity index (χ2n) is 5.35. The smallest absolute Gasteiger partial charge is 0.320 e. The van der Waals surface area contributed by atoms with Crippen molar-refractivity contribution >= 4 is 5.97 Å². The van der Waals surface area contributed by atoms with Crippen molar-refractivity contribution in [1.82, 2.24) is 9.80 Å². The van der Waals surface area contributed by atoms with Crippen LogP contribution in [0.1, 0.15) is 19.3 Å². The number of rotatable bonds is 5. The second-order valence-corrected chi connectivity index (χ2v) is 5.35. The number of hydrogen-bond donors (Lipinski definition) is 2. The van der Waals surface area contributed by atoms with Crippen LogP contribution in [0.25, 0.3) is 0 Å². The van der Waals surface area contributed by atoms with E-state index in [2.05, 4.69) is 16.8 Å². The first kappa shape index (κ1) is 14.4. The predicted molar refractivity (Wildman–Crippen MR) is 67.9 cm³/mol. The van der Waals surface area contributed by atoms with Crippen molar-refractivity contribution in [2.45, 2.75) is 31.3 Å². The van der Waals surface area contributed by atoms with Crippen molar-refractivity contribution < 1.29 is 9.90 Å². The Kier molecular flexibility index (Phi) is 5.36. The van der Waals surface area contributed by atoms with Crippen molar-refractivity contribution in [3.8, 4) is 0 Å². The summed E-state index contributed by atoms with van der Waals surface area (Å²) in [6.07, 6.45) is 2.80. The van der Waals surface area contributed by atoms with Crippen LogP contribution in [0, 0.1) is 5.92 Å². The molecule has 2 unspecified atom stereocenters. The van der Waals surface area contributed by atoms with Gasteiger partial charge in [-0.1, -0.05) is 0 Å². The van der Waals surface area contributed by atoms with E-state index in [0.717, 1.165) is 25.9 Å². The zero-order valence-electron chi connectivity index (χ0n) is 11.1. The van der Waals surface area contributed by atoms with Gasteiger partial charge in [-0.25, -0.2) is 0 Å². The number of likely N-dealkylation sites (tertiary alicyclic amines) is 1. The first-order valence-corrected chi connectivity index (χ1v) is 6.25. The van der Waals surface area contributed by atoms with Gasteiger partial charge in [-0.2, -0.15) is 0 Å². The molecule has 1 fully saturated rings. The van der Waals surface area contributed by atoms with E-state index in [-0.39, 0.29) is 6.04 Å². The zero-order valence-corrected chi connectivity index (χ0v) is 11.1. The van der Waals surface area contributed by atoms with Crippen LogP contribution in [0.3, 0.4) is 0 Å². The van der Waals surface area contributed by atoms with Crippen LogP contribution in [0.5, 0.6) is 0 Å². The topological polar surface area (TPSA) is 69.8 Å². The Morgan fingerprint density at radius 2 is 2.00 bits per heavy atom. The third-order valence-corrected chi connectivity index (χ3v) is 3.78. The lowest BCUT2D eigenvalue weighted by Crippen LogP contribution is -2.46. The summed E-state index contributed by atoms with van der Waals surface area (Å²) in [5.41, 5.74) is 5.65. The van der Waals surface area contributed by atoms with Crippen molar-refractivity contribution in [2.75, 3.05) is 34.2 Å². The molecule has 2 atom stereocenters. The maximum absolute atomic E-state index is 10.8. The van der Waals surface area contributed by atoms with Crippen LogP contribution in [0.4, 0.5) is 0 Å². The number of carboxylic acid groups (broad SMARTS) is 1. The quantitative estimate of drug-likeness (QED) is 0.714. The van der Waals surface area contributed by atoms with E-state index in [1.165, 1.54) is 0 Å². The van der Waals surface area contributed by atoms with Crippen molar-refractivity contribution in [3.05, 3.63) is 0 Å². The Morgan fingerprint density at radius 1 is 1.47 bits per heavy atom. The number of carboxylic acids is 1. The van der Waals surface area contributed by atoms with Crippen LogP contribution in [0.15, 0.2) is 0 Å². The van der Waals surface area contributed by atoms with Crippen LogP contribution in [-0.2, 0) is 4.79 Å². The minimum absolute atomic E-state index is 0.273. The summed E-state index contributed by atoms with van der Waals surface area (Å²) in [4.78, 5) is 15.3. The van der Waals surface area contributed by atoms with E-state index in [4.69, 9.17) is 10.8 Å². The van der Waals surface area contributed by atoms with E-state index >= 15 is 0 Å². The van der Waals surface area contributed by atoms with Crippen LogP contribution in [-0.4, -0.2) is 67.2 Å². The Balaban J connectivity index is 2.56. The molecular weight excluding hydrogens is 218 g/mol. The fourth-order valence-corrected chi connectivity index (χ4v) is 2.60. The van der Waals surface area contributed by atoms with Crippen LogP contribution >= 0.6 is 0 Å². The van der Waals surface area contributed by atoms with Gasteiger partial charge < -0.3 is 20.6 Å². The average Bonchev–Trinajstić information content (AvgIpc) is 2.26. The second kappa shape index (κ2) is 6.33. The third-order valence-electron chi connectivity index (χ3n) is 3.78. The highest BCUT2D eigenvalue weighted by Crippen LogP contribution is 2.25. The summed E-state index contributed by atoms with van der Waals surface area (Å²) in [6.45, 7) is 2.19. The van der Waals surface area contributed by atoms with Crippen molar-refractivity contribution in [1.29, 1.82) is 0 Å². The van der Waals surface area contributed by atoms with Gasteiger partial charge in [0.15, 0.2) is 0 Å². The Hall–Kier alpha value is -0.650. The number of hydrogen-bond acceptors (Lipinski definition) is 4. The molecule has 1 aliphatic rings. The molecule has 0 spiro atoms. The summed E-state index contributed by atoms with van der Waals surface area (Å²) in [6, 6.07) is -0.475. The molecule has 0 aromatic rings. The molecule has 5 heteroatoms. The number of aliphatic carboxylic acids is 1. The lowest BCUT2D eigenvalue weighted by Gasteiger charge is -2.38. The minimum Gasteiger partial charge on any atom is -0.480 e. The maximum atomic E-state index is 10.8. The molecule has 5 nitrogen and oxygen atoms in total. The molecule has 0 radical (unpaired) electrons. The van der Waals surface area contributed by atoms with Crippen molar-refractivity contribution in [3.63, 3.8) is 0 Å². The molecular formula is C12H25N3O2. The molecule has 3 N–H and O–H groups in total. The van der Waals surface area contributed by atoms with Gasteiger partial charge in [-0.15, -0.1) is 0 Å². The van der Waals surface area contributed by atoms with Gasteiger partial charge in [0.2, 0.25) is 0 Å². The highest BCUT2D eigenvalue weighted by Gasteiger charge is 2.29. The number of nitrogens with two attached hydrogens (primary N) is 1. The van der Waals surface area contributed by atoms with Crippen LogP contribution in [0.2, 0.25) is 0 Å². The van der Waals surface area contributed by atoms with Gasteiger partial charge in [0.05, 0.1) is 0 Å². The summed E-state index contributed by atoms with van der Waals surface area (Å²) in [7, 11) is 6.15. The molecule has 1 heterocycles. The standard InChI is InChI=1S/C12H25N3O2/c1-14(2)11(8-10(13)12(16)17)9-4-6-15(3)7-5-9/h9-11H,4-8,13H2,1-3H3,(H,16,17). The van der Waals surface area contributed by atoms with E-state index < -0.39 is 12.0 Å². The van der Waals surface area contributed by atoms with Crippen molar-refractivity contribution in [2.24, 2.45) is 11.7 Å². The summed E-state index contributed by atoms with van der Waals surface area (Å²) < 4.78 is 0. The molecule has 0 bridgehead atoms. The number of nitrogens with zero attached hydrogens (tertiary/aromatic N) is 2. The van der Waals surface area contributed by atoms with Gasteiger partial charge in [-0.3, -0.25) is 4.79 Å². The predicted octanol–water partition coefficient (Wildman–Crippen LogP) is 0.0604. The van der Waals surface area contributed by atoms with E-state index in [1.54, 1.807) is 0 Å². The largest absolute Gasteiger partial charge is 0.480 e. The van der Waals surface area contributed by atoms with Gasteiger partial charge in [0, 0.05) is 6.04 Å². The lowest BCUT2D eigenvalue weighted by molar-refractivity contribution is -0.139. The molecule has 17 heavy (non-hydrogen) atoms. The molecule has 0 aliphatic carbocycles. The average molecular weight is 243 g/mol. The molecule has 0 aromatic heterocycles. The minimum atomic E-state index is -0.898. The number of carbonyl (C=O) groups is 1. The normalized spacial score (nSPS) is 22.6. The van der Waals surface area contributed by atoms with E-state index in [1.807, 2.05) is 14.1 Å². The summed E-state index contributed by atoms with van der Waals surface area (Å²) in [5, 5.41) is 8.90. The monoisotopic (exact) mass is 243 g/mol. The SMILES string of the molecule is CN1CCC(C(CC(N)C(=O)O)N(C)C)CC1. The van der Waals surface area contributed by atoms with Gasteiger partial charge in [0.1, 0.15) is 6.04 Å². The highest BCUT2D eigenvalue weighted by atomic mass is 16.4. The zero-order chi connectivity index (χ0) is 13.0. The Labute approximate surface area is 104 Å². The lowest BCUT2D eigenvalue weighted by atomic mass is 9.85. The highest BCUT2D eigenvalue weighted by molar-refractivity contribution is 5.73. The molecule has 0 amide bonds. The molecule has 1 saturated heterocycles. The Bertz CT molecular complexity index is 250. The maximum Gasteiger partial charge on any atom is 0.320 e. The van der Waals surface area contributed by atoms with Gasteiger partial charge in [0.25, 0.3) is 0 Å². The van der Waals surface area contributed by atoms with E-state index in [9.17, 15) is 4.79 Å². The molecule has 1 aliphatic heterocycles. The molecule has 0 aromatic carbocycles. The fraction of sp³-hybridized carbons (Fsp3) is 0.917. The first-order valence-electron chi connectivity index (χ1n) is 6.25. The van der Waals surface area contributed by atoms with Crippen LogP contribution < -0.4 is 5.73 Å². The first-order chi connectivity index (χ1) is 7.91. The van der Waals surface area contributed by atoms with Gasteiger partial charge in [-0.05, 0) is 59.4 Å². The molecule has 100 valence electrons. The summed E-state index contributed by atoms with van der Waals surface area (Å²) >= 11 is 0. The molecule has 1 rings (SSSR count). The third kappa shape index (κ3) is 4.26. The van der Waals surface area contributed by atoms with E-state index in [0.29, 0.717) is 12.3 Å². The Morgan fingerprint density at radius 3 is 2.41 bits per heavy atom. The molecule has 0 saturated carbocycles. The summed E-state index contributed by atoms with van der Waals surface area (Å²) in [5.74, 6) is -0.337.